The van der Waals surface area contributed by atoms with Gasteiger partial charge >= 0.3 is 12.1 Å². The number of rotatable bonds is 5. The lowest BCUT2D eigenvalue weighted by atomic mass is 9.96. The Bertz CT molecular complexity index is 706. The standard InChI is InChI=1S/C19H25Cl2NO6/c1-19(2,3)28-18(25)22-6-7-27-17(12-4-5-14(20)15(21)8-12)13(9-22)10-26-11-16(23)24/h4-5,8,13,17H,6-7,9-11H2,1-3H3,(H,23,24). The van der Waals surface area contributed by atoms with Crippen LogP contribution >= 0.6 is 23.2 Å². The summed E-state index contributed by atoms with van der Waals surface area (Å²) in [6.45, 7) is 5.98. The number of nitrogens with zero attached hydrogens (tertiary/aromatic N) is 1. The number of carboxylic acid groups (broad SMARTS) is 1. The third-order valence-corrected chi connectivity index (χ3v) is 4.76. The first kappa shape index (κ1) is 22.7. The molecule has 2 rings (SSSR count). The van der Waals surface area contributed by atoms with Crippen molar-refractivity contribution in [2.45, 2.75) is 32.5 Å². The van der Waals surface area contributed by atoms with Crippen molar-refractivity contribution in [1.82, 2.24) is 4.90 Å². The molecule has 1 aliphatic heterocycles. The molecule has 7 nitrogen and oxygen atoms in total. The van der Waals surface area contributed by atoms with E-state index in [9.17, 15) is 9.59 Å². The smallest absolute Gasteiger partial charge is 0.410 e. The average Bonchev–Trinajstić information content (AvgIpc) is 2.78. The lowest BCUT2D eigenvalue weighted by Crippen LogP contribution is -2.41. The number of carbonyl (C=O) groups excluding carboxylic acids is 1. The zero-order valence-corrected chi connectivity index (χ0v) is 17.6. The van der Waals surface area contributed by atoms with Crippen LogP contribution in [-0.4, -0.2) is 60.6 Å². The van der Waals surface area contributed by atoms with Crippen molar-refractivity contribution in [2.75, 3.05) is 32.9 Å². The highest BCUT2D eigenvalue weighted by Crippen LogP contribution is 2.33. The van der Waals surface area contributed by atoms with Crippen LogP contribution in [-0.2, 0) is 19.0 Å². The number of hydrogen-bond donors (Lipinski definition) is 1. The Morgan fingerprint density at radius 1 is 1.29 bits per heavy atom. The summed E-state index contributed by atoms with van der Waals surface area (Å²) in [4.78, 5) is 24.9. The van der Waals surface area contributed by atoms with Crippen molar-refractivity contribution in [3.63, 3.8) is 0 Å². The monoisotopic (exact) mass is 433 g/mol. The summed E-state index contributed by atoms with van der Waals surface area (Å²) in [5, 5.41) is 9.66. The summed E-state index contributed by atoms with van der Waals surface area (Å²) in [7, 11) is 0. The largest absolute Gasteiger partial charge is 0.480 e. The summed E-state index contributed by atoms with van der Waals surface area (Å²) < 4.78 is 16.8. The van der Waals surface area contributed by atoms with Gasteiger partial charge in [0.25, 0.3) is 0 Å². The van der Waals surface area contributed by atoms with Gasteiger partial charge in [0.05, 0.1) is 29.4 Å². The Balaban J connectivity index is 2.21. The van der Waals surface area contributed by atoms with Crippen LogP contribution in [0.4, 0.5) is 4.79 Å². The molecular weight excluding hydrogens is 409 g/mol. The molecule has 1 saturated heterocycles. The lowest BCUT2D eigenvalue weighted by Gasteiger charge is -2.29. The number of hydrogen-bond acceptors (Lipinski definition) is 5. The van der Waals surface area contributed by atoms with Crippen LogP contribution in [0.2, 0.25) is 10.0 Å². The molecule has 28 heavy (non-hydrogen) atoms. The van der Waals surface area contributed by atoms with E-state index >= 15 is 0 Å². The van der Waals surface area contributed by atoms with Crippen LogP contribution in [0.5, 0.6) is 0 Å². The molecule has 156 valence electrons. The fourth-order valence-corrected chi connectivity index (χ4v) is 3.19. The Morgan fingerprint density at radius 3 is 2.61 bits per heavy atom. The molecule has 0 aromatic heterocycles. The number of benzene rings is 1. The zero-order chi connectivity index (χ0) is 20.9. The highest BCUT2D eigenvalue weighted by molar-refractivity contribution is 6.42. The maximum absolute atomic E-state index is 12.5. The molecule has 1 N–H and O–H groups in total. The molecular formula is C19H25Cl2NO6. The van der Waals surface area contributed by atoms with Gasteiger partial charge in [-0.3, -0.25) is 0 Å². The van der Waals surface area contributed by atoms with Gasteiger partial charge in [-0.25, -0.2) is 9.59 Å². The van der Waals surface area contributed by atoms with E-state index in [-0.39, 0.29) is 12.5 Å². The average molecular weight is 434 g/mol. The van der Waals surface area contributed by atoms with Crippen molar-refractivity contribution in [3.8, 4) is 0 Å². The van der Waals surface area contributed by atoms with Gasteiger partial charge in [-0.1, -0.05) is 29.3 Å². The Kier molecular flexibility index (Phi) is 7.95. The van der Waals surface area contributed by atoms with Gasteiger partial charge in [-0.2, -0.15) is 0 Å². The third kappa shape index (κ3) is 6.81. The summed E-state index contributed by atoms with van der Waals surface area (Å²) in [5.74, 6) is -1.38. The number of carboxylic acids is 1. The van der Waals surface area contributed by atoms with E-state index in [0.717, 1.165) is 5.56 Å². The van der Waals surface area contributed by atoms with Crippen LogP contribution in [0.15, 0.2) is 18.2 Å². The van der Waals surface area contributed by atoms with Crippen molar-refractivity contribution < 1.29 is 28.9 Å². The molecule has 2 atom stereocenters. The van der Waals surface area contributed by atoms with Gasteiger partial charge in [0.15, 0.2) is 0 Å². The van der Waals surface area contributed by atoms with E-state index in [2.05, 4.69) is 0 Å². The lowest BCUT2D eigenvalue weighted by molar-refractivity contribution is -0.143. The minimum atomic E-state index is -1.07. The fourth-order valence-electron chi connectivity index (χ4n) is 2.88. The molecule has 1 aliphatic rings. The van der Waals surface area contributed by atoms with Crippen molar-refractivity contribution in [2.24, 2.45) is 5.92 Å². The van der Waals surface area contributed by atoms with Crippen LogP contribution in [0.25, 0.3) is 0 Å². The maximum atomic E-state index is 12.5. The summed E-state index contributed by atoms with van der Waals surface area (Å²) in [5.41, 5.74) is 0.159. The molecule has 1 fully saturated rings. The summed E-state index contributed by atoms with van der Waals surface area (Å²) >= 11 is 12.1. The normalized spacial score (nSPS) is 20.5. The van der Waals surface area contributed by atoms with Gasteiger partial charge < -0.3 is 24.2 Å². The number of amides is 1. The molecule has 2 unspecified atom stereocenters. The van der Waals surface area contributed by atoms with E-state index in [1.54, 1.807) is 43.9 Å². The molecule has 0 saturated carbocycles. The zero-order valence-electron chi connectivity index (χ0n) is 16.1. The van der Waals surface area contributed by atoms with E-state index in [1.165, 1.54) is 0 Å². The number of aliphatic carboxylic acids is 1. The number of halogens is 2. The SMILES string of the molecule is CC(C)(C)OC(=O)N1CCOC(c2ccc(Cl)c(Cl)c2)C(COCC(=O)O)C1. The third-order valence-electron chi connectivity index (χ3n) is 4.02. The second-order valence-electron chi connectivity index (χ2n) is 7.56. The Hall–Kier alpha value is -1.54. The maximum Gasteiger partial charge on any atom is 0.410 e. The quantitative estimate of drug-likeness (QED) is 0.754. The molecule has 1 amide bonds. The van der Waals surface area contributed by atoms with Gasteiger partial charge in [0.1, 0.15) is 12.2 Å². The number of carbonyl (C=O) groups is 2. The molecule has 0 bridgehead atoms. The van der Waals surface area contributed by atoms with Gasteiger partial charge in [0, 0.05) is 19.0 Å². The first-order valence-electron chi connectivity index (χ1n) is 8.91. The molecule has 0 radical (unpaired) electrons. The van der Waals surface area contributed by atoms with E-state index in [0.29, 0.717) is 29.7 Å². The van der Waals surface area contributed by atoms with E-state index < -0.39 is 30.4 Å². The van der Waals surface area contributed by atoms with Crippen molar-refractivity contribution in [1.29, 1.82) is 0 Å². The van der Waals surface area contributed by atoms with Crippen LogP contribution in [0.3, 0.4) is 0 Å². The molecule has 0 spiro atoms. The topological polar surface area (TPSA) is 85.3 Å². The predicted octanol–water partition coefficient (Wildman–Crippen LogP) is 4.02. The van der Waals surface area contributed by atoms with E-state index in [4.69, 9.17) is 42.5 Å². The van der Waals surface area contributed by atoms with Crippen LogP contribution in [0.1, 0.15) is 32.4 Å². The van der Waals surface area contributed by atoms with Crippen molar-refractivity contribution in [3.05, 3.63) is 33.8 Å². The minimum absolute atomic E-state index is 0.0938. The highest BCUT2D eigenvalue weighted by Gasteiger charge is 2.33. The van der Waals surface area contributed by atoms with Crippen LogP contribution in [0, 0.1) is 5.92 Å². The highest BCUT2D eigenvalue weighted by atomic mass is 35.5. The molecule has 9 heteroatoms. The molecule has 1 heterocycles. The van der Waals surface area contributed by atoms with Crippen molar-refractivity contribution >= 4 is 35.3 Å². The first-order valence-corrected chi connectivity index (χ1v) is 9.66. The fraction of sp³-hybridized carbons (Fsp3) is 0.579. The second kappa shape index (κ2) is 9.78. The van der Waals surface area contributed by atoms with Gasteiger partial charge in [0.2, 0.25) is 0 Å². The minimum Gasteiger partial charge on any atom is -0.480 e. The predicted molar refractivity (Wildman–Crippen MR) is 105 cm³/mol. The second-order valence-corrected chi connectivity index (χ2v) is 8.37. The summed E-state index contributed by atoms with van der Waals surface area (Å²) in [6, 6.07) is 5.18. The molecule has 0 aliphatic carbocycles. The first-order chi connectivity index (χ1) is 13.1. The Labute approximate surface area is 174 Å². The van der Waals surface area contributed by atoms with Gasteiger partial charge in [-0.15, -0.1) is 0 Å². The number of ether oxygens (including phenoxy) is 3. The van der Waals surface area contributed by atoms with Gasteiger partial charge in [-0.05, 0) is 38.5 Å². The molecule has 1 aromatic carbocycles. The molecule has 1 aromatic rings. The van der Waals surface area contributed by atoms with E-state index in [1.807, 2.05) is 0 Å². The van der Waals surface area contributed by atoms with Crippen LogP contribution < -0.4 is 0 Å². The Morgan fingerprint density at radius 2 is 2.00 bits per heavy atom. The summed E-state index contributed by atoms with van der Waals surface area (Å²) in [6.07, 6.45) is -0.884.